The first-order chi connectivity index (χ1) is 6.24. The van der Waals surface area contributed by atoms with Crippen LogP contribution in [0.5, 0.6) is 0 Å². The summed E-state index contributed by atoms with van der Waals surface area (Å²) in [6.07, 6.45) is 2.11. The van der Waals surface area contributed by atoms with Crippen LogP contribution >= 0.6 is 0 Å². The lowest BCUT2D eigenvalue weighted by Gasteiger charge is -1.98. The van der Waals surface area contributed by atoms with E-state index in [1.807, 2.05) is 0 Å². The van der Waals surface area contributed by atoms with Crippen molar-refractivity contribution in [3.63, 3.8) is 0 Å². The molecule has 1 aromatic carbocycles. The lowest BCUT2D eigenvalue weighted by Crippen LogP contribution is -1.94. The molecule has 0 unspecified atom stereocenters. The van der Waals surface area contributed by atoms with Crippen LogP contribution in [0, 0.1) is 5.82 Å². The second kappa shape index (κ2) is 2.65. The molecule has 0 bridgehead atoms. The Morgan fingerprint density at radius 2 is 2.31 bits per heavy atom. The van der Waals surface area contributed by atoms with Crippen molar-refractivity contribution in [1.29, 1.82) is 0 Å². The van der Waals surface area contributed by atoms with E-state index in [9.17, 15) is 9.18 Å². The number of aromatic nitrogens is 2. The van der Waals surface area contributed by atoms with Gasteiger partial charge in [-0.15, -0.1) is 0 Å². The molecule has 1 aromatic heterocycles. The van der Waals surface area contributed by atoms with E-state index in [0.29, 0.717) is 22.8 Å². The average molecular weight is 178 g/mol. The standard InChI is InChI=1S/C9H7FN2O/c1-12-9-6(5-13)2-3-8(10)7(9)4-11-12/h2-5H,1H3. The fourth-order valence-corrected chi connectivity index (χ4v) is 1.38. The van der Waals surface area contributed by atoms with Crippen LogP contribution in [0.4, 0.5) is 4.39 Å². The van der Waals surface area contributed by atoms with E-state index in [1.54, 1.807) is 7.05 Å². The topological polar surface area (TPSA) is 34.9 Å². The maximum Gasteiger partial charge on any atom is 0.152 e. The van der Waals surface area contributed by atoms with Crippen molar-refractivity contribution >= 4 is 17.2 Å². The quantitative estimate of drug-likeness (QED) is 0.620. The van der Waals surface area contributed by atoms with Crippen molar-refractivity contribution in [3.05, 3.63) is 29.7 Å². The number of carbonyl (C=O) groups excluding carboxylic acids is 1. The minimum atomic E-state index is -0.353. The summed E-state index contributed by atoms with van der Waals surface area (Å²) < 4.78 is 14.6. The van der Waals surface area contributed by atoms with Gasteiger partial charge in [-0.3, -0.25) is 9.48 Å². The lowest BCUT2D eigenvalue weighted by molar-refractivity contribution is 0.112. The van der Waals surface area contributed by atoms with Crippen LogP contribution in [-0.2, 0) is 7.05 Å². The number of fused-ring (bicyclic) bond motifs is 1. The maximum absolute atomic E-state index is 13.1. The zero-order chi connectivity index (χ0) is 9.42. The summed E-state index contributed by atoms with van der Waals surface area (Å²) in [5, 5.41) is 4.26. The summed E-state index contributed by atoms with van der Waals surface area (Å²) in [6.45, 7) is 0. The highest BCUT2D eigenvalue weighted by molar-refractivity contribution is 5.95. The van der Waals surface area contributed by atoms with Gasteiger partial charge >= 0.3 is 0 Å². The number of carbonyl (C=O) groups is 1. The Kier molecular flexibility index (Phi) is 1.62. The fraction of sp³-hybridized carbons (Fsp3) is 0.111. The van der Waals surface area contributed by atoms with Gasteiger partial charge in [0.25, 0.3) is 0 Å². The van der Waals surface area contributed by atoms with E-state index in [0.717, 1.165) is 0 Å². The first kappa shape index (κ1) is 7.91. The van der Waals surface area contributed by atoms with Gasteiger partial charge in [-0.1, -0.05) is 0 Å². The molecular weight excluding hydrogens is 171 g/mol. The Balaban J connectivity index is 2.96. The number of halogens is 1. The normalized spacial score (nSPS) is 10.6. The van der Waals surface area contributed by atoms with Gasteiger partial charge in [0.05, 0.1) is 17.1 Å². The number of aryl methyl sites for hydroxylation is 1. The molecular formula is C9H7FN2O. The fourth-order valence-electron chi connectivity index (χ4n) is 1.38. The van der Waals surface area contributed by atoms with Crippen LogP contribution in [-0.4, -0.2) is 16.1 Å². The van der Waals surface area contributed by atoms with E-state index < -0.39 is 0 Å². The van der Waals surface area contributed by atoms with Gasteiger partial charge in [0.15, 0.2) is 6.29 Å². The predicted octanol–water partition coefficient (Wildman–Crippen LogP) is 1.52. The molecule has 0 fully saturated rings. The molecule has 0 spiro atoms. The number of nitrogens with zero attached hydrogens (tertiary/aromatic N) is 2. The number of aldehydes is 1. The predicted molar refractivity (Wildman–Crippen MR) is 46.1 cm³/mol. The molecule has 0 saturated heterocycles. The molecule has 3 nitrogen and oxygen atoms in total. The van der Waals surface area contributed by atoms with Gasteiger partial charge in [-0.25, -0.2) is 4.39 Å². The number of rotatable bonds is 1. The number of hydrogen-bond donors (Lipinski definition) is 0. The van der Waals surface area contributed by atoms with Crippen LogP contribution in [0.25, 0.3) is 10.9 Å². The molecule has 0 amide bonds. The first-order valence-corrected chi connectivity index (χ1v) is 3.79. The van der Waals surface area contributed by atoms with Crippen LogP contribution in [0.3, 0.4) is 0 Å². The summed E-state index contributed by atoms with van der Waals surface area (Å²) in [4.78, 5) is 10.6. The van der Waals surface area contributed by atoms with E-state index in [-0.39, 0.29) is 5.82 Å². The summed E-state index contributed by atoms with van der Waals surface area (Å²) in [5.74, 6) is -0.353. The lowest BCUT2D eigenvalue weighted by atomic mass is 10.1. The average Bonchev–Trinajstić information content (AvgIpc) is 2.51. The highest BCUT2D eigenvalue weighted by atomic mass is 19.1. The van der Waals surface area contributed by atoms with Gasteiger partial charge in [0.2, 0.25) is 0 Å². The molecule has 13 heavy (non-hydrogen) atoms. The molecule has 2 aromatic rings. The first-order valence-electron chi connectivity index (χ1n) is 3.79. The molecule has 4 heteroatoms. The molecule has 1 heterocycles. The highest BCUT2D eigenvalue weighted by Gasteiger charge is 2.08. The van der Waals surface area contributed by atoms with Gasteiger partial charge in [0, 0.05) is 12.6 Å². The minimum absolute atomic E-state index is 0.353. The van der Waals surface area contributed by atoms with Crippen molar-refractivity contribution in [3.8, 4) is 0 Å². The van der Waals surface area contributed by atoms with Crippen molar-refractivity contribution < 1.29 is 9.18 Å². The number of hydrogen-bond acceptors (Lipinski definition) is 2. The van der Waals surface area contributed by atoms with Crippen molar-refractivity contribution in [2.75, 3.05) is 0 Å². The third kappa shape index (κ3) is 1.02. The Labute approximate surface area is 73.8 Å². The minimum Gasteiger partial charge on any atom is -0.298 e. The second-order valence-electron chi connectivity index (χ2n) is 2.78. The van der Waals surface area contributed by atoms with Crippen LogP contribution in [0.1, 0.15) is 10.4 Å². The SMILES string of the molecule is Cn1ncc2c(F)ccc(C=O)c21. The van der Waals surface area contributed by atoms with Crippen LogP contribution in [0.2, 0.25) is 0 Å². The number of benzene rings is 1. The largest absolute Gasteiger partial charge is 0.298 e. The van der Waals surface area contributed by atoms with E-state index in [4.69, 9.17) is 0 Å². The zero-order valence-corrected chi connectivity index (χ0v) is 6.99. The van der Waals surface area contributed by atoms with Crippen molar-refractivity contribution in [1.82, 2.24) is 9.78 Å². The molecule has 0 radical (unpaired) electrons. The monoisotopic (exact) mass is 178 g/mol. The third-order valence-corrected chi connectivity index (χ3v) is 2.01. The molecule has 0 atom stereocenters. The molecule has 66 valence electrons. The smallest absolute Gasteiger partial charge is 0.152 e. The second-order valence-corrected chi connectivity index (χ2v) is 2.78. The third-order valence-electron chi connectivity index (χ3n) is 2.01. The van der Waals surface area contributed by atoms with Crippen molar-refractivity contribution in [2.24, 2.45) is 7.05 Å². The van der Waals surface area contributed by atoms with Gasteiger partial charge in [-0.05, 0) is 12.1 Å². The van der Waals surface area contributed by atoms with Crippen LogP contribution < -0.4 is 0 Å². The summed E-state index contributed by atoms with van der Waals surface area (Å²) in [7, 11) is 1.68. The molecule has 0 saturated carbocycles. The van der Waals surface area contributed by atoms with E-state index >= 15 is 0 Å². The summed E-state index contributed by atoms with van der Waals surface area (Å²) in [5.41, 5.74) is 0.992. The zero-order valence-electron chi connectivity index (χ0n) is 6.99. The Hall–Kier alpha value is -1.71. The Bertz CT molecular complexity index is 476. The molecule has 0 aliphatic heterocycles. The van der Waals surface area contributed by atoms with Crippen LogP contribution in [0.15, 0.2) is 18.3 Å². The maximum atomic E-state index is 13.1. The Morgan fingerprint density at radius 3 is 3.00 bits per heavy atom. The Morgan fingerprint density at radius 1 is 1.54 bits per heavy atom. The highest BCUT2D eigenvalue weighted by Crippen LogP contribution is 2.19. The van der Waals surface area contributed by atoms with Gasteiger partial charge in [-0.2, -0.15) is 5.10 Å². The van der Waals surface area contributed by atoms with Gasteiger partial charge < -0.3 is 0 Å². The molecule has 0 N–H and O–H groups in total. The van der Waals surface area contributed by atoms with Crippen molar-refractivity contribution in [2.45, 2.75) is 0 Å². The molecule has 2 rings (SSSR count). The molecule has 0 aliphatic carbocycles. The molecule has 0 aliphatic rings. The summed E-state index contributed by atoms with van der Waals surface area (Å²) >= 11 is 0. The van der Waals surface area contributed by atoms with Gasteiger partial charge in [0.1, 0.15) is 5.82 Å². The summed E-state index contributed by atoms with van der Waals surface area (Å²) in [6, 6.07) is 2.72. The van der Waals surface area contributed by atoms with E-state index in [1.165, 1.54) is 23.0 Å². The van der Waals surface area contributed by atoms with E-state index in [2.05, 4.69) is 5.10 Å².